The van der Waals surface area contributed by atoms with E-state index in [4.69, 9.17) is 33.7 Å². The Morgan fingerprint density at radius 1 is 1.47 bits per heavy atom. The number of ether oxygens (including phenoxy) is 1. The number of hydrogen-bond donors (Lipinski definition) is 2. The van der Waals surface area contributed by atoms with E-state index in [0.29, 0.717) is 22.0 Å². The lowest BCUT2D eigenvalue weighted by molar-refractivity contribution is 0.00346. The van der Waals surface area contributed by atoms with Crippen molar-refractivity contribution in [2.24, 2.45) is 5.73 Å². The molecule has 0 fully saturated rings. The van der Waals surface area contributed by atoms with E-state index in [0.717, 1.165) is 0 Å². The molecule has 0 heterocycles. The van der Waals surface area contributed by atoms with Gasteiger partial charge in [-0.15, -0.1) is 0 Å². The molecule has 2 atom stereocenters. The van der Waals surface area contributed by atoms with E-state index in [1.807, 2.05) is 0 Å². The van der Waals surface area contributed by atoms with Gasteiger partial charge in [0.25, 0.3) is 0 Å². The number of carbonyl (C=O) groups excluding carboxylic acids is 1. The molecule has 0 aromatic heterocycles. The highest BCUT2D eigenvalue weighted by atomic mass is 35.5. The van der Waals surface area contributed by atoms with Crippen LogP contribution in [0.5, 0.6) is 0 Å². The molecule has 1 amide bonds. The van der Waals surface area contributed by atoms with Crippen LogP contribution in [0.4, 0.5) is 4.79 Å². The summed E-state index contributed by atoms with van der Waals surface area (Å²) in [6.07, 6.45) is -2.49. The quantitative estimate of drug-likeness (QED) is 0.889. The van der Waals surface area contributed by atoms with Gasteiger partial charge in [-0.25, -0.2) is 4.79 Å². The van der Waals surface area contributed by atoms with Crippen LogP contribution in [-0.4, -0.2) is 17.3 Å². The van der Waals surface area contributed by atoms with Crippen LogP contribution in [0.15, 0.2) is 18.2 Å². The first-order valence-electron chi connectivity index (χ1n) is 5.05. The lowest BCUT2D eigenvalue weighted by atomic mass is 10.0. The molecule has 0 aliphatic carbocycles. The molecule has 2 unspecified atom stereocenters. The van der Waals surface area contributed by atoms with Crippen molar-refractivity contribution in [2.45, 2.75) is 25.6 Å². The molecule has 0 aliphatic heterocycles. The van der Waals surface area contributed by atoms with E-state index in [1.165, 1.54) is 0 Å². The Labute approximate surface area is 109 Å². The number of primary amides is 1. The predicted molar refractivity (Wildman–Crippen MR) is 66.2 cm³/mol. The number of amides is 1. The molecule has 1 aromatic rings. The minimum absolute atomic E-state index is 0.316. The average Bonchev–Trinajstić information content (AvgIpc) is 2.26. The maximum Gasteiger partial charge on any atom is 0.405 e. The fourth-order valence-corrected chi connectivity index (χ4v) is 2.06. The van der Waals surface area contributed by atoms with Crippen molar-refractivity contribution in [3.05, 3.63) is 33.8 Å². The molecule has 0 saturated heterocycles. The summed E-state index contributed by atoms with van der Waals surface area (Å²) < 4.78 is 4.87. The Kier molecular flexibility index (Phi) is 5.05. The monoisotopic (exact) mass is 277 g/mol. The number of aliphatic hydroxyl groups is 1. The fraction of sp³-hybridized carbons (Fsp3) is 0.364. The first-order chi connectivity index (χ1) is 7.97. The van der Waals surface area contributed by atoms with E-state index >= 15 is 0 Å². The molecule has 1 aromatic carbocycles. The molecule has 0 spiro atoms. The molecular formula is C11H13Cl2NO3. The first kappa shape index (κ1) is 14.1. The van der Waals surface area contributed by atoms with Gasteiger partial charge < -0.3 is 15.6 Å². The normalized spacial score (nSPS) is 14.1. The Balaban J connectivity index is 3.16. The third-order valence-electron chi connectivity index (χ3n) is 2.30. The molecule has 4 nitrogen and oxygen atoms in total. The summed E-state index contributed by atoms with van der Waals surface area (Å²) in [7, 11) is 0. The Bertz CT molecular complexity index is 391. The molecule has 0 radical (unpaired) electrons. The summed E-state index contributed by atoms with van der Waals surface area (Å²) in [5.41, 5.74) is 5.33. The lowest BCUT2D eigenvalue weighted by Gasteiger charge is -2.23. The summed E-state index contributed by atoms with van der Waals surface area (Å²) in [5.74, 6) is 0. The van der Waals surface area contributed by atoms with Crippen molar-refractivity contribution in [2.75, 3.05) is 0 Å². The van der Waals surface area contributed by atoms with Gasteiger partial charge in [0, 0.05) is 15.6 Å². The number of rotatable bonds is 4. The van der Waals surface area contributed by atoms with Crippen LogP contribution in [0.2, 0.25) is 10.0 Å². The zero-order chi connectivity index (χ0) is 13.0. The molecule has 94 valence electrons. The van der Waals surface area contributed by atoms with Gasteiger partial charge in [-0.3, -0.25) is 0 Å². The Morgan fingerprint density at radius 3 is 2.41 bits per heavy atom. The summed E-state index contributed by atoms with van der Waals surface area (Å²) in [6, 6.07) is 4.86. The average molecular weight is 278 g/mol. The van der Waals surface area contributed by atoms with Gasteiger partial charge >= 0.3 is 6.09 Å². The van der Waals surface area contributed by atoms with Crippen molar-refractivity contribution in [1.29, 1.82) is 0 Å². The van der Waals surface area contributed by atoms with Crippen molar-refractivity contribution < 1.29 is 14.6 Å². The van der Waals surface area contributed by atoms with Crippen LogP contribution >= 0.6 is 23.2 Å². The molecule has 3 N–H and O–H groups in total. The lowest BCUT2D eigenvalue weighted by Crippen LogP contribution is -2.26. The van der Waals surface area contributed by atoms with E-state index in [2.05, 4.69) is 0 Å². The van der Waals surface area contributed by atoms with Crippen LogP contribution in [0.25, 0.3) is 0 Å². The van der Waals surface area contributed by atoms with Gasteiger partial charge in [0.1, 0.15) is 0 Å². The van der Waals surface area contributed by atoms with Crippen molar-refractivity contribution in [3.8, 4) is 0 Å². The molecule has 17 heavy (non-hydrogen) atoms. The third kappa shape index (κ3) is 3.49. The summed E-state index contributed by atoms with van der Waals surface area (Å²) in [4.78, 5) is 10.8. The van der Waals surface area contributed by atoms with Gasteiger partial charge in [0.15, 0.2) is 6.10 Å². The minimum atomic E-state index is -0.988. The Hall–Kier alpha value is -0.970. The van der Waals surface area contributed by atoms with Gasteiger partial charge in [0.05, 0.1) is 6.10 Å². The summed E-state index contributed by atoms with van der Waals surface area (Å²) >= 11 is 12.0. The van der Waals surface area contributed by atoms with Gasteiger partial charge in [-0.2, -0.15) is 0 Å². The van der Waals surface area contributed by atoms with Gasteiger partial charge in [-0.1, -0.05) is 36.2 Å². The van der Waals surface area contributed by atoms with E-state index < -0.39 is 18.3 Å². The zero-order valence-corrected chi connectivity index (χ0v) is 10.7. The molecular weight excluding hydrogens is 265 g/mol. The second-order valence-electron chi connectivity index (χ2n) is 3.47. The fourth-order valence-electron chi connectivity index (χ4n) is 1.45. The molecule has 0 bridgehead atoms. The zero-order valence-electron chi connectivity index (χ0n) is 9.19. The topological polar surface area (TPSA) is 72.6 Å². The highest BCUT2D eigenvalue weighted by Gasteiger charge is 2.27. The van der Waals surface area contributed by atoms with Crippen molar-refractivity contribution >= 4 is 29.3 Å². The number of hydrogen-bond acceptors (Lipinski definition) is 3. The minimum Gasteiger partial charge on any atom is -0.439 e. The third-order valence-corrected chi connectivity index (χ3v) is 2.95. The van der Waals surface area contributed by atoms with E-state index in [9.17, 15) is 9.90 Å². The van der Waals surface area contributed by atoms with Crippen molar-refractivity contribution in [1.82, 2.24) is 0 Å². The van der Waals surface area contributed by atoms with Crippen molar-refractivity contribution in [3.63, 3.8) is 0 Å². The van der Waals surface area contributed by atoms with Gasteiger partial charge in [-0.05, 0) is 18.6 Å². The molecule has 0 saturated carbocycles. The SMILES string of the molecule is CCC(O)C(OC(N)=O)c1c(Cl)cccc1Cl. The summed E-state index contributed by atoms with van der Waals surface area (Å²) in [6.45, 7) is 1.74. The number of benzene rings is 1. The number of halogens is 2. The summed E-state index contributed by atoms with van der Waals surface area (Å²) in [5, 5.41) is 10.5. The van der Waals surface area contributed by atoms with E-state index in [-0.39, 0.29) is 0 Å². The number of nitrogens with two attached hydrogens (primary N) is 1. The molecule has 0 aliphatic rings. The largest absolute Gasteiger partial charge is 0.439 e. The van der Waals surface area contributed by atoms with Crippen LogP contribution < -0.4 is 5.73 Å². The second kappa shape index (κ2) is 6.10. The number of carbonyl (C=O) groups is 1. The standard InChI is InChI=1S/C11H13Cl2NO3/c1-2-8(15)10(17-11(14)16)9-6(12)4-3-5-7(9)13/h3-5,8,10,15H,2H2,1H3,(H2,14,16). The van der Waals surface area contributed by atoms with Gasteiger partial charge in [0.2, 0.25) is 0 Å². The van der Waals surface area contributed by atoms with E-state index in [1.54, 1.807) is 25.1 Å². The first-order valence-corrected chi connectivity index (χ1v) is 5.81. The Morgan fingerprint density at radius 2 is 2.00 bits per heavy atom. The molecule has 1 rings (SSSR count). The molecule has 6 heteroatoms. The second-order valence-corrected chi connectivity index (χ2v) is 4.28. The van der Waals surface area contributed by atoms with Crippen LogP contribution in [0.1, 0.15) is 25.0 Å². The predicted octanol–water partition coefficient (Wildman–Crippen LogP) is 2.90. The highest BCUT2D eigenvalue weighted by Crippen LogP contribution is 2.35. The van der Waals surface area contributed by atoms with Crippen LogP contribution in [-0.2, 0) is 4.74 Å². The van der Waals surface area contributed by atoms with Crippen LogP contribution in [0.3, 0.4) is 0 Å². The maximum atomic E-state index is 10.8. The highest BCUT2D eigenvalue weighted by molar-refractivity contribution is 6.36. The smallest absolute Gasteiger partial charge is 0.405 e. The number of aliphatic hydroxyl groups excluding tert-OH is 1. The maximum absolute atomic E-state index is 10.8. The van der Waals surface area contributed by atoms with Crippen LogP contribution in [0, 0.1) is 0 Å².